The van der Waals surface area contributed by atoms with Crippen LogP contribution in [0.25, 0.3) is 0 Å². The predicted octanol–water partition coefficient (Wildman–Crippen LogP) is 3.78. The van der Waals surface area contributed by atoms with E-state index in [9.17, 15) is 9.18 Å². The number of benzene rings is 2. The van der Waals surface area contributed by atoms with E-state index >= 15 is 0 Å². The molecule has 0 radical (unpaired) electrons. The van der Waals surface area contributed by atoms with Crippen LogP contribution in [0.5, 0.6) is 0 Å². The molecular formula is C17H13FN2O2. The van der Waals surface area contributed by atoms with Crippen molar-refractivity contribution in [1.29, 1.82) is 5.26 Å². The van der Waals surface area contributed by atoms with Gasteiger partial charge < -0.3 is 4.74 Å². The highest BCUT2D eigenvalue weighted by Crippen LogP contribution is 2.35. The Kier molecular flexibility index (Phi) is 3.51. The van der Waals surface area contributed by atoms with Crippen molar-refractivity contribution in [2.24, 2.45) is 0 Å². The summed E-state index contributed by atoms with van der Waals surface area (Å²) in [5.74, 6) is -0.334. The Morgan fingerprint density at radius 1 is 1.23 bits per heavy atom. The standard InChI is InChI=1S/C17H13FN2O2/c1-11-16(13-5-7-14(18)8-6-13)22-17(21)20(11)15-4-2-3-12(9-15)10-19/h2-9,11,16H,1H3/t11-,16+/m1/s1. The molecule has 0 saturated carbocycles. The van der Waals surface area contributed by atoms with Crippen molar-refractivity contribution >= 4 is 11.8 Å². The zero-order chi connectivity index (χ0) is 15.7. The van der Waals surface area contributed by atoms with Crippen molar-refractivity contribution in [2.45, 2.75) is 19.1 Å². The van der Waals surface area contributed by atoms with Crippen LogP contribution in [0.2, 0.25) is 0 Å². The molecule has 0 aliphatic carbocycles. The molecule has 1 aliphatic rings. The number of hydrogen-bond donors (Lipinski definition) is 0. The second-order valence-corrected chi connectivity index (χ2v) is 5.13. The minimum atomic E-state index is -0.475. The van der Waals surface area contributed by atoms with Gasteiger partial charge in [0, 0.05) is 5.69 Å². The molecule has 0 bridgehead atoms. The van der Waals surface area contributed by atoms with Crippen LogP contribution in [-0.2, 0) is 4.74 Å². The average Bonchev–Trinajstić information content (AvgIpc) is 2.83. The fourth-order valence-electron chi connectivity index (χ4n) is 2.63. The number of halogens is 1. The Morgan fingerprint density at radius 3 is 2.64 bits per heavy atom. The minimum absolute atomic E-state index is 0.257. The lowest BCUT2D eigenvalue weighted by Gasteiger charge is -2.21. The number of amides is 1. The number of cyclic esters (lactones) is 1. The van der Waals surface area contributed by atoms with Crippen molar-refractivity contribution in [3.8, 4) is 6.07 Å². The highest BCUT2D eigenvalue weighted by Gasteiger charge is 2.40. The molecule has 1 amide bonds. The van der Waals surface area contributed by atoms with Gasteiger partial charge in [-0.1, -0.05) is 18.2 Å². The lowest BCUT2D eigenvalue weighted by atomic mass is 10.0. The van der Waals surface area contributed by atoms with E-state index in [-0.39, 0.29) is 11.9 Å². The molecular weight excluding hydrogens is 283 g/mol. The first kappa shape index (κ1) is 14.1. The van der Waals surface area contributed by atoms with Crippen molar-refractivity contribution in [3.63, 3.8) is 0 Å². The first-order valence-electron chi connectivity index (χ1n) is 6.85. The Labute approximate surface area is 127 Å². The van der Waals surface area contributed by atoms with E-state index in [1.807, 2.05) is 13.0 Å². The third kappa shape index (κ3) is 2.40. The molecule has 0 aromatic heterocycles. The largest absolute Gasteiger partial charge is 0.439 e. The van der Waals surface area contributed by atoms with E-state index in [1.54, 1.807) is 36.4 Å². The van der Waals surface area contributed by atoms with Crippen LogP contribution >= 0.6 is 0 Å². The molecule has 3 rings (SSSR count). The third-order valence-electron chi connectivity index (χ3n) is 3.72. The number of rotatable bonds is 2. The van der Waals surface area contributed by atoms with Crippen LogP contribution in [0.15, 0.2) is 48.5 Å². The van der Waals surface area contributed by atoms with Crippen molar-refractivity contribution in [3.05, 3.63) is 65.5 Å². The Morgan fingerprint density at radius 2 is 1.95 bits per heavy atom. The molecule has 0 N–H and O–H groups in total. The molecule has 1 aliphatic heterocycles. The van der Waals surface area contributed by atoms with Gasteiger partial charge in [0.15, 0.2) is 0 Å². The number of nitriles is 1. The fraction of sp³-hybridized carbons (Fsp3) is 0.176. The van der Waals surface area contributed by atoms with Crippen LogP contribution in [0, 0.1) is 17.1 Å². The zero-order valence-electron chi connectivity index (χ0n) is 11.9. The van der Waals surface area contributed by atoms with Gasteiger partial charge in [-0.2, -0.15) is 5.26 Å². The first-order valence-corrected chi connectivity index (χ1v) is 6.85. The Bertz CT molecular complexity index is 752. The van der Waals surface area contributed by atoms with Gasteiger partial charge in [0.1, 0.15) is 11.9 Å². The number of ether oxygens (including phenoxy) is 1. The molecule has 0 unspecified atom stereocenters. The van der Waals surface area contributed by atoms with E-state index in [1.165, 1.54) is 17.0 Å². The molecule has 1 heterocycles. The smallest absolute Gasteiger partial charge is 0.415 e. The molecule has 2 aromatic rings. The maximum Gasteiger partial charge on any atom is 0.415 e. The number of nitrogens with zero attached hydrogens (tertiary/aromatic N) is 2. The van der Waals surface area contributed by atoms with Gasteiger partial charge in [-0.15, -0.1) is 0 Å². The maximum absolute atomic E-state index is 13.0. The van der Waals surface area contributed by atoms with Crippen molar-refractivity contribution < 1.29 is 13.9 Å². The van der Waals surface area contributed by atoms with E-state index in [4.69, 9.17) is 10.00 Å². The normalized spacial score (nSPS) is 20.6. The van der Waals surface area contributed by atoms with Gasteiger partial charge in [0.2, 0.25) is 0 Å². The highest BCUT2D eigenvalue weighted by molar-refractivity contribution is 5.91. The van der Waals surface area contributed by atoms with Crippen LogP contribution < -0.4 is 4.90 Å². The number of carbonyl (C=O) groups excluding carboxylic acids is 1. The molecule has 5 heteroatoms. The lowest BCUT2D eigenvalue weighted by Crippen LogP contribution is -2.31. The molecule has 4 nitrogen and oxygen atoms in total. The first-order chi connectivity index (χ1) is 10.6. The molecule has 2 atom stereocenters. The second-order valence-electron chi connectivity index (χ2n) is 5.13. The number of carbonyl (C=O) groups is 1. The summed E-state index contributed by atoms with van der Waals surface area (Å²) < 4.78 is 18.4. The SMILES string of the molecule is C[C@@H]1[C@@H](c2ccc(F)cc2)OC(=O)N1c1cccc(C#N)c1. The van der Waals surface area contributed by atoms with Crippen molar-refractivity contribution in [2.75, 3.05) is 4.90 Å². The average molecular weight is 296 g/mol. The topological polar surface area (TPSA) is 53.3 Å². The lowest BCUT2D eigenvalue weighted by molar-refractivity contribution is 0.134. The Balaban J connectivity index is 1.92. The summed E-state index contributed by atoms with van der Waals surface area (Å²) in [4.78, 5) is 13.7. The van der Waals surface area contributed by atoms with Gasteiger partial charge in [-0.3, -0.25) is 4.90 Å². The van der Waals surface area contributed by atoms with Gasteiger partial charge in [0.05, 0.1) is 17.7 Å². The van der Waals surface area contributed by atoms with Crippen molar-refractivity contribution in [1.82, 2.24) is 0 Å². The van der Waals surface area contributed by atoms with E-state index in [2.05, 4.69) is 0 Å². The summed E-state index contributed by atoms with van der Waals surface area (Å²) >= 11 is 0. The van der Waals surface area contributed by atoms with Gasteiger partial charge in [0.25, 0.3) is 0 Å². The summed E-state index contributed by atoms with van der Waals surface area (Å²) in [6, 6.07) is 14.5. The van der Waals surface area contributed by atoms with Gasteiger partial charge in [-0.25, -0.2) is 9.18 Å². The maximum atomic E-state index is 13.0. The minimum Gasteiger partial charge on any atom is -0.439 e. The quantitative estimate of drug-likeness (QED) is 0.847. The van der Waals surface area contributed by atoms with Gasteiger partial charge >= 0.3 is 6.09 Å². The fourth-order valence-corrected chi connectivity index (χ4v) is 2.63. The predicted molar refractivity (Wildman–Crippen MR) is 78.7 cm³/mol. The Hall–Kier alpha value is -2.87. The van der Waals surface area contributed by atoms with E-state index in [0.29, 0.717) is 11.3 Å². The number of hydrogen-bond acceptors (Lipinski definition) is 3. The summed E-state index contributed by atoms with van der Waals surface area (Å²) in [6.07, 6.45) is -0.948. The summed E-state index contributed by atoms with van der Waals surface area (Å²) in [5, 5.41) is 8.97. The monoisotopic (exact) mass is 296 g/mol. The molecule has 1 saturated heterocycles. The molecule has 2 aromatic carbocycles. The molecule has 22 heavy (non-hydrogen) atoms. The van der Waals surface area contributed by atoms with Crippen LogP contribution in [0.1, 0.15) is 24.2 Å². The van der Waals surface area contributed by atoms with E-state index < -0.39 is 12.2 Å². The summed E-state index contributed by atoms with van der Waals surface area (Å²) in [6.45, 7) is 1.86. The van der Waals surface area contributed by atoms with Crippen LogP contribution in [-0.4, -0.2) is 12.1 Å². The number of anilines is 1. The summed E-state index contributed by atoms with van der Waals surface area (Å²) in [5.41, 5.74) is 1.82. The highest BCUT2D eigenvalue weighted by atomic mass is 19.1. The zero-order valence-corrected chi connectivity index (χ0v) is 11.9. The van der Waals surface area contributed by atoms with E-state index in [0.717, 1.165) is 5.56 Å². The summed E-state index contributed by atoms with van der Waals surface area (Å²) in [7, 11) is 0. The molecule has 110 valence electrons. The van der Waals surface area contributed by atoms with Gasteiger partial charge in [-0.05, 0) is 42.8 Å². The third-order valence-corrected chi connectivity index (χ3v) is 3.72. The molecule has 0 spiro atoms. The van der Waals surface area contributed by atoms with Crippen LogP contribution in [0.3, 0.4) is 0 Å². The second kappa shape index (κ2) is 5.49. The molecule has 1 fully saturated rings. The van der Waals surface area contributed by atoms with Crippen LogP contribution in [0.4, 0.5) is 14.9 Å².